The van der Waals surface area contributed by atoms with Crippen molar-refractivity contribution < 1.29 is 17.9 Å². The average Bonchev–Trinajstić information content (AvgIpc) is 3.62. The van der Waals surface area contributed by atoms with Crippen LogP contribution >= 0.6 is 0 Å². The number of aromatic nitrogens is 6. The molecule has 0 spiro atoms. The van der Waals surface area contributed by atoms with E-state index in [-0.39, 0.29) is 34.1 Å². The van der Waals surface area contributed by atoms with E-state index in [1.54, 1.807) is 16.8 Å². The van der Waals surface area contributed by atoms with Crippen LogP contribution in [0.5, 0.6) is 5.75 Å². The number of nitrogens with two attached hydrogens (primary N) is 1. The van der Waals surface area contributed by atoms with E-state index < -0.39 is 9.84 Å². The van der Waals surface area contributed by atoms with Crippen LogP contribution in [0.4, 0.5) is 17.5 Å². The van der Waals surface area contributed by atoms with Crippen molar-refractivity contribution in [1.29, 1.82) is 0 Å². The standard InChI is InChI=1S/C24H24N8O5S/c1-36-19-10-16(38(2,34)35)5-6-17(19)27-23-28-21(25)20-22(29-23)32(15-7-8-37-12-15)24(33)31(20)14-4-3-13-11-26-30-18(13)9-14/h3-6,9-11,15H,7-8,12H2,1-2H3,(H,26,30)(H3,25,27,28,29). The van der Waals surface area contributed by atoms with Crippen molar-refractivity contribution in [1.82, 2.24) is 29.3 Å². The molecule has 5 aromatic rings. The highest BCUT2D eigenvalue weighted by molar-refractivity contribution is 7.90. The first-order valence-corrected chi connectivity index (χ1v) is 13.6. The number of rotatable bonds is 6. The zero-order valence-electron chi connectivity index (χ0n) is 20.5. The summed E-state index contributed by atoms with van der Waals surface area (Å²) in [7, 11) is -2.00. The van der Waals surface area contributed by atoms with Gasteiger partial charge in [-0.2, -0.15) is 15.1 Å². The molecule has 4 heterocycles. The summed E-state index contributed by atoms with van der Waals surface area (Å²) < 4.78 is 38.0. The molecule has 1 aliphatic heterocycles. The van der Waals surface area contributed by atoms with Gasteiger partial charge in [-0.1, -0.05) is 0 Å². The van der Waals surface area contributed by atoms with Crippen LogP contribution < -0.4 is 21.5 Å². The first-order chi connectivity index (χ1) is 18.2. The van der Waals surface area contributed by atoms with E-state index in [4.69, 9.17) is 15.2 Å². The zero-order chi connectivity index (χ0) is 26.6. The number of nitrogens with zero attached hydrogens (tertiary/aromatic N) is 5. The van der Waals surface area contributed by atoms with Crippen molar-refractivity contribution in [2.24, 2.45) is 0 Å². The van der Waals surface area contributed by atoms with E-state index in [0.29, 0.717) is 42.2 Å². The van der Waals surface area contributed by atoms with Crippen LogP contribution in [0, 0.1) is 0 Å². The number of sulfone groups is 1. The predicted octanol–water partition coefficient (Wildman–Crippen LogP) is 2.16. The van der Waals surface area contributed by atoms with Gasteiger partial charge in [0.25, 0.3) is 0 Å². The third kappa shape index (κ3) is 3.94. The van der Waals surface area contributed by atoms with Crippen LogP contribution in [0.15, 0.2) is 52.3 Å². The summed E-state index contributed by atoms with van der Waals surface area (Å²) in [6.45, 7) is 0.894. The number of aromatic amines is 1. The van der Waals surface area contributed by atoms with Crippen molar-refractivity contribution in [3.05, 3.63) is 53.1 Å². The Hall–Kier alpha value is -4.43. The van der Waals surface area contributed by atoms with Gasteiger partial charge < -0.3 is 20.5 Å². The van der Waals surface area contributed by atoms with Gasteiger partial charge >= 0.3 is 5.69 Å². The molecule has 3 aromatic heterocycles. The van der Waals surface area contributed by atoms with Crippen molar-refractivity contribution >= 4 is 49.4 Å². The number of hydrogen-bond acceptors (Lipinski definition) is 10. The van der Waals surface area contributed by atoms with E-state index in [2.05, 4.69) is 25.5 Å². The van der Waals surface area contributed by atoms with Crippen molar-refractivity contribution in [2.45, 2.75) is 17.4 Å². The van der Waals surface area contributed by atoms with Crippen molar-refractivity contribution in [3.8, 4) is 11.4 Å². The van der Waals surface area contributed by atoms with Gasteiger partial charge in [-0.3, -0.25) is 14.2 Å². The summed E-state index contributed by atoms with van der Waals surface area (Å²) in [5.41, 5.74) is 8.63. The number of hydrogen-bond donors (Lipinski definition) is 3. The average molecular weight is 537 g/mol. The largest absolute Gasteiger partial charge is 0.495 e. The predicted molar refractivity (Wildman–Crippen MR) is 141 cm³/mol. The van der Waals surface area contributed by atoms with Crippen LogP contribution in [0.1, 0.15) is 12.5 Å². The van der Waals surface area contributed by atoms with Crippen LogP contribution in [-0.2, 0) is 14.6 Å². The first kappa shape index (κ1) is 23.9. The van der Waals surface area contributed by atoms with Gasteiger partial charge in [-0.05, 0) is 36.8 Å². The lowest BCUT2D eigenvalue weighted by Crippen LogP contribution is -2.27. The fourth-order valence-electron chi connectivity index (χ4n) is 4.68. The maximum absolute atomic E-state index is 13.8. The third-order valence-electron chi connectivity index (χ3n) is 6.54. The lowest BCUT2D eigenvalue weighted by Gasteiger charge is -2.13. The Bertz CT molecular complexity index is 1870. The molecule has 196 valence electrons. The summed E-state index contributed by atoms with van der Waals surface area (Å²) in [6, 6.07) is 9.69. The van der Waals surface area contributed by atoms with E-state index in [0.717, 1.165) is 17.2 Å². The molecule has 0 amide bonds. The molecule has 0 radical (unpaired) electrons. The highest BCUT2D eigenvalue weighted by Gasteiger charge is 2.28. The van der Waals surface area contributed by atoms with Gasteiger partial charge in [0, 0.05) is 24.3 Å². The monoisotopic (exact) mass is 536 g/mol. The summed E-state index contributed by atoms with van der Waals surface area (Å²) in [6.07, 6.45) is 3.46. The van der Waals surface area contributed by atoms with Crippen molar-refractivity contribution in [2.75, 3.05) is 37.6 Å². The molecule has 1 fully saturated rings. The Morgan fingerprint density at radius 2 is 2.05 bits per heavy atom. The molecule has 1 saturated heterocycles. The van der Waals surface area contributed by atoms with Gasteiger partial charge in [0.2, 0.25) is 5.95 Å². The number of imidazole rings is 1. The summed E-state index contributed by atoms with van der Waals surface area (Å²) in [4.78, 5) is 23.0. The Morgan fingerprint density at radius 1 is 1.21 bits per heavy atom. The van der Waals surface area contributed by atoms with Crippen LogP contribution in [0.2, 0.25) is 0 Å². The lowest BCUT2D eigenvalue weighted by molar-refractivity contribution is 0.186. The summed E-state index contributed by atoms with van der Waals surface area (Å²) >= 11 is 0. The maximum atomic E-state index is 13.8. The third-order valence-corrected chi connectivity index (χ3v) is 7.65. The number of ether oxygens (including phenoxy) is 2. The molecule has 14 heteroatoms. The van der Waals surface area contributed by atoms with Crippen LogP contribution in [0.25, 0.3) is 27.8 Å². The fourth-order valence-corrected chi connectivity index (χ4v) is 5.31. The Labute approximate surface area is 216 Å². The maximum Gasteiger partial charge on any atom is 0.335 e. The normalized spacial score (nSPS) is 15.9. The minimum Gasteiger partial charge on any atom is -0.495 e. The molecule has 0 saturated carbocycles. The fraction of sp³-hybridized carbons (Fsp3) is 0.250. The SMILES string of the molecule is COc1cc(S(C)(=O)=O)ccc1Nc1nc(N)c2c(n1)n(C1CCOC1)c(=O)n2-c1ccc2cn[nH]c2c1. The molecule has 38 heavy (non-hydrogen) atoms. The number of nitrogen functional groups attached to an aromatic ring is 1. The molecular weight excluding hydrogens is 512 g/mol. The topological polar surface area (TPSA) is 172 Å². The number of nitrogens with one attached hydrogen (secondary N) is 2. The number of fused-ring (bicyclic) bond motifs is 2. The second-order valence-electron chi connectivity index (χ2n) is 9.01. The highest BCUT2D eigenvalue weighted by Crippen LogP contribution is 2.32. The highest BCUT2D eigenvalue weighted by atomic mass is 32.2. The Morgan fingerprint density at radius 3 is 2.79 bits per heavy atom. The summed E-state index contributed by atoms with van der Waals surface area (Å²) in [5, 5.41) is 10.9. The van der Waals surface area contributed by atoms with Gasteiger partial charge in [0.05, 0.1) is 47.7 Å². The minimum atomic E-state index is -3.43. The number of anilines is 3. The molecule has 2 aromatic carbocycles. The van der Waals surface area contributed by atoms with E-state index in [9.17, 15) is 13.2 Å². The summed E-state index contributed by atoms with van der Waals surface area (Å²) in [5.74, 6) is 0.486. The molecule has 1 unspecified atom stereocenters. The van der Waals surface area contributed by atoms with E-state index in [1.165, 1.54) is 23.8 Å². The molecule has 1 aliphatic rings. The zero-order valence-corrected chi connectivity index (χ0v) is 21.3. The minimum absolute atomic E-state index is 0.0868. The Kier molecular flexibility index (Phi) is 5.57. The molecule has 0 bridgehead atoms. The van der Waals surface area contributed by atoms with Gasteiger partial charge in [0.15, 0.2) is 21.3 Å². The second-order valence-corrected chi connectivity index (χ2v) is 11.0. The van der Waals surface area contributed by atoms with E-state index in [1.807, 2.05) is 18.2 Å². The quantitative estimate of drug-likeness (QED) is 0.292. The molecular formula is C24H24N8O5S. The molecule has 0 aliphatic carbocycles. The number of methoxy groups -OCH3 is 1. The number of benzene rings is 2. The van der Waals surface area contributed by atoms with Crippen molar-refractivity contribution in [3.63, 3.8) is 0 Å². The van der Waals surface area contributed by atoms with Crippen LogP contribution in [-0.4, -0.2) is 64.3 Å². The van der Waals surface area contributed by atoms with Gasteiger partial charge in [-0.25, -0.2) is 13.2 Å². The van der Waals surface area contributed by atoms with E-state index >= 15 is 0 Å². The smallest absolute Gasteiger partial charge is 0.335 e. The molecule has 13 nitrogen and oxygen atoms in total. The Balaban J connectivity index is 1.52. The van der Waals surface area contributed by atoms with Crippen LogP contribution in [0.3, 0.4) is 0 Å². The van der Waals surface area contributed by atoms with Gasteiger partial charge in [-0.15, -0.1) is 0 Å². The lowest BCUT2D eigenvalue weighted by atomic mass is 10.2. The molecule has 4 N–H and O–H groups in total. The first-order valence-electron chi connectivity index (χ1n) is 11.7. The number of H-pyrrole nitrogens is 1. The second kappa shape index (κ2) is 8.85. The molecule has 1 atom stereocenters. The molecule has 6 rings (SSSR count). The van der Waals surface area contributed by atoms with Gasteiger partial charge in [0.1, 0.15) is 11.3 Å².